The van der Waals surface area contributed by atoms with Crippen molar-refractivity contribution in [1.29, 1.82) is 5.26 Å². The molecule has 0 aliphatic carbocycles. The fourth-order valence-electron chi connectivity index (χ4n) is 2.68. The van der Waals surface area contributed by atoms with E-state index in [1.165, 1.54) is 11.3 Å². The standard InChI is InChI=1S/C19H13NO4S2/c1-2-13-12(9-20)16(17(26-13)19(23)24)11-5-3-10(4-6-11)14-7-8-15(25-14)18(21)22/h3-8H,2H2,1H3,(H,21,22)(H,23,24). The van der Waals surface area contributed by atoms with Gasteiger partial charge in [-0.15, -0.1) is 22.7 Å². The van der Waals surface area contributed by atoms with Crippen molar-refractivity contribution in [3.63, 3.8) is 0 Å². The summed E-state index contributed by atoms with van der Waals surface area (Å²) in [5.74, 6) is -2.01. The van der Waals surface area contributed by atoms with Crippen LogP contribution >= 0.6 is 22.7 Å². The van der Waals surface area contributed by atoms with Gasteiger partial charge >= 0.3 is 11.9 Å². The Bertz CT molecular complexity index is 1040. The number of aryl methyl sites for hydroxylation is 1. The lowest BCUT2D eigenvalue weighted by Crippen LogP contribution is -1.95. The monoisotopic (exact) mass is 383 g/mol. The lowest BCUT2D eigenvalue weighted by molar-refractivity contribution is 0.0691. The summed E-state index contributed by atoms with van der Waals surface area (Å²) >= 11 is 2.31. The first-order valence-corrected chi connectivity index (χ1v) is 9.32. The Morgan fingerprint density at radius 3 is 2.15 bits per heavy atom. The van der Waals surface area contributed by atoms with E-state index in [0.29, 0.717) is 23.1 Å². The number of hydrogen-bond acceptors (Lipinski definition) is 5. The van der Waals surface area contributed by atoms with Crippen LogP contribution in [0.5, 0.6) is 0 Å². The third-order valence-electron chi connectivity index (χ3n) is 3.88. The predicted molar refractivity (Wildman–Crippen MR) is 101 cm³/mol. The van der Waals surface area contributed by atoms with E-state index in [1.54, 1.807) is 24.3 Å². The van der Waals surface area contributed by atoms with E-state index in [0.717, 1.165) is 26.7 Å². The molecular formula is C19H13NO4S2. The molecule has 0 saturated heterocycles. The molecule has 0 aliphatic heterocycles. The summed E-state index contributed by atoms with van der Waals surface area (Å²) < 4.78 is 0. The normalized spacial score (nSPS) is 10.5. The molecule has 0 aliphatic rings. The molecule has 0 amide bonds. The van der Waals surface area contributed by atoms with Gasteiger partial charge in [-0.2, -0.15) is 5.26 Å². The Morgan fingerprint density at radius 1 is 1.00 bits per heavy atom. The van der Waals surface area contributed by atoms with Gasteiger partial charge in [-0.05, 0) is 29.7 Å². The Morgan fingerprint density at radius 2 is 1.65 bits per heavy atom. The second kappa shape index (κ2) is 7.12. The van der Waals surface area contributed by atoms with E-state index in [-0.39, 0.29) is 9.75 Å². The predicted octanol–water partition coefficient (Wildman–Crippen LogP) is 4.97. The van der Waals surface area contributed by atoms with Gasteiger partial charge in [0.05, 0.1) is 5.56 Å². The van der Waals surface area contributed by atoms with Crippen molar-refractivity contribution in [2.24, 2.45) is 0 Å². The molecule has 0 spiro atoms. The number of carboxylic acids is 2. The summed E-state index contributed by atoms with van der Waals surface area (Å²) in [5.41, 5.74) is 2.36. The van der Waals surface area contributed by atoms with Gasteiger partial charge in [0.25, 0.3) is 0 Å². The minimum atomic E-state index is -1.05. The fourth-order valence-corrected chi connectivity index (χ4v) is 4.58. The van der Waals surface area contributed by atoms with Crippen molar-refractivity contribution in [3.05, 3.63) is 56.6 Å². The highest BCUT2D eigenvalue weighted by Gasteiger charge is 2.23. The highest BCUT2D eigenvalue weighted by atomic mass is 32.1. The summed E-state index contributed by atoms with van der Waals surface area (Å²) in [6.45, 7) is 1.89. The summed E-state index contributed by atoms with van der Waals surface area (Å²) in [7, 11) is 0. The van der Waals surface area contributed by atoms with Crippen LogP contribution in [0.25, 0.3) is 21.6 Å². The maximum Gasteiger partial charge on any atom is 0.346 e. The lowest BCUT2D eigenvalue weighted by atomic mass is 9.98. The van der Waals surface area contributed by atoms with Crippen molar-refractivity contribution in [1.82, 2.24) is 0 Å². The number of benzene rings is 1. The molecule has 0 bridgehead atoms. The number of rotatable bonds is 5. The summed E-state index contributed by atoms with van der Waals surface area (Å²) in [6.07, 6.45) is 0.596. The summed E-state index contributed by atoms with van der Waals surface area (Å²) in [5, 5.41) is 28.0. The van der Waals surface area contributed by atoms with Crippen molar-refractivity contribution < 1.29 is 19.8 Å². The zero-order valence-electron chi connectivity index (χ0n) is 13.6. The van der Waals surface area contributed by atoms with E-state index in [9.17, 15) is 20.0 Å². The van der Waals surface area contributed by atoms with Gasteiger partial charge in [0, 0.05) is 15.3 Å². The van der Waals surface area contributed by atoms with Crippen molar-refractivity contribution >= 4 is 34.6 Å². The van der Waals surface area contributed by atoms with E-state index in [1.807, 2.05) is 19.1 Å². The number of aromatic carboxylic acids is 2. The van der Waals surface area contributed by atoms with Crippen LogP contribution in [0.4, 0.5) is 0 Å². The van der Waals surface area contributed by atoms with Gasteiger partial charge in [-0.1, -0.05) is 31.2 Å². The SMILES string of the molecule is CCc1sc(C(=O)O)c(-c2ccc(-c3ccc(C(=O)O)s3)cc2)c1C#N. The summed E-state index contributed by atoms with van der Waals surface area (Å²) in [6, 6.07) is 12.6. The molecule has 0 fully saturated rings. The highest BCUT2D eigenvalue weighted by molar-refractivity contribution is 7.17. The quantitative estimate of drug-likeness (QED) is 0.648. The second-order valence-electron chi connectivity index (χ2n) is 5.42. The summed E-state index contributed by atoms with van der Waals surface area (Å²) in [4.78, 5) is 24.6. The first-order chi connectivity index (χ1) is 12.5. The maximum atomic E-state index is 11.6. The minimum absolute atomic E-state index is 0.162. The van der Waals surface area contributed by atoms with Crippen LogP contribution in [-0.2, 0) is 6.42 Å². The van der Waals surface area contributed by atoms with Crippen molar-refractivity contribution in [3.8, 4) is 27.6 Å². The van der Waals surface area contributed by atoms with Gasteiger partial charge in [-0.3, -0.25) is 0 Å². The molecule has 3 aromatic rings. The number of nitrogens with zero attached hydrogens (tertiary/aromatic N) is 1. The lowest BCUT2D eigenvalue weighted by Gasteiger charge is -2.04. The van der Waals surface area contributed by atoms with E-state index >= 15 is 0 Å². The Labute approximate surface area is 157 Å². The molecule has 0 unspecified atom stereocenters. The second-order valence-corrected chi connectivity index (χ2v) is 7.61. The number of hydrogen-bond donors (Lipinski definition) is 2. The van der Waals surface area contributed by atoms with Gasteiger partial charge < -0.3 is 10.2 Å². The number of thiophene rings is 2. The first-order valence-electron chi connectivity index (χ1n) is 7.69. The van der Waals surface area contributed by atoms with Crippen LogP contribution in [0, 0.1) is 11.3 Å². The number of nitriles is 1. The molecule has 7 heteroatoms. The van der Waals surface area contributed by atoms with Crippen molar-refractivity contribution in [2.75, 3.05) is 0 Å². The minimum Gasteiger partial charge on any atom is -0.477 e. The van der Waals surface area contributed by atoms with Crippen LogP contribution in [0.15, 0.2) is 36.4 Å². The highest BCUT2D eigenvalue weighted by Crippen LogP contribution is 2.38. The van der Waals surface area contributed by atoms with Crippen LogP contribution < -0.4 is 0 Å². The van der Waals surface area contributed by atoms with Crippen LogP contribution in [0.2, 0.25) is 0 Å². The molecule has 26 heavy (non-hydrogen) atoms. The van der Waals surface area contributed by atoms with Gasteiger partial charge in [0.2, 0.25) is 0 Å². The molecule has 0 atom stereocenters. The molecule has 5 nitrogen and oxygen atoms in total. The number of carboxylic acid groups (broad SMARTS) is 2. The Kier molecular flexibility index (Phi) is 4.89. The smallest absolute Gasteiger partial charge is 0.346 e. The Hall–Kier alpha value is -2.95. The average molecular weight is 383 g/mol. The van der Waals surface area contributed by atoms with Crippen LogP contribution in [0.3, 0.4) is 0 Å². The molecule has 3 rings (SSSR count). The number of carbonyl (C=O) groups is 2. The molecule has 0 saturated carbocycles. The molecule has 0 radical (unpaired) electrons. The van der Waals surface area contributed by atoms with Crippen LogP contribution in [-0.4, -0.2) is 22.2 Å². The van der Waals surface area contributed by atoms with Crippen molar-refractivity contribution in [2.45, 2.75) is 13.3 Å². The third-order valence-corrected chi connectivity index (χ3v) is 6.33. The van der Waals surface area contributed by atoms with Gasteiger partial charge in [0.15, 0.2) is 0 Å². The largest absolute Gasteiger partial charge is 0.477 e. The third kappa shape index (κ3) is 3.12. The zero-order chi connectivity index (χ0) is 18.8. The molecule has 2 heterocycles. The van der Waals surface area contributed by atoms with E-state index in [2.05, 4.69) is 6.07 Å². The van der Waals surface area contributed by atoms with Gasteiger partial charge in [-0.25, -0.2) is 9.59 Å². The first kappa shape index (κ1) is 17.9. The molecule has 1 aromatic carbocycles. The Balaban J connectivity index is 2.06. The zero-order valence-corrected chi connectivity index (χ0v) is 15.3. The molecule has 130 valence electrons. The topological polar surface area (TPSA) is 98.4 Å². The average Bonchev–Trinajstić information content (AvgIpc) is 3.26. The fraction of sp³-hybridized carbons (Fsp3) is 0.105. The molecule has 2 aromatic heterocycles. The van der Waals surface area contributed by atoms with Gasteiger partial charge in [0.1, 0.15) is 15.8 Å². The molecular weight excluding hydrogens is 370 g/mol. The maximum absolute atomic E-state index is 11.6. The van der Waals surface area contributed by atoms with Crippen LogP contribution in [0.1, 0.15) is 36.7 Å². The van der Waals surface area contributed by atoms with E-state index < -0.39 is 11.9 Å². The molecule has 2 N–H and O–H groups in total. The van der Waals surface area contributed by atoms with E-state index in [4.69, 9.17) is 5.11 Å².